The van der Waals surface area contributed by atoms with Gasteiger partial charge in [-0.3, -0.25) is 9.48 Å². The van der Waals surface area contributed by atoms with Crippen molar-refractivity contribution in [1.29, 1.82) is 0 Å². The summed E-state index contributed by atoms with van der Waals surface area (Å²) in [7, 11) is 8.16. The first-order valence-corrected chi connectivity index (χ1v) is 7.46. The first kappa shape index (κ1) is 17.7. The van der Waals surface area contributed by atoms with E-state index in [1.165, 1.54) is 21.3 Å². The molecule has 0 atom stereocenters. The van der Waals surface area contributed by atoms with Crippen molar-refractivity contribution in [2.75, 3.05) is 28.4 Å². The molecule has 1 heterocycles. The van der Waals surface area contributed by atoms with E-state index < -0.39 is 0 Å². The first-order chi connectivity index (χ1) is 11.4. The second-order valence-corrected chi connectivity index (χ2v) is 5.42. The van der Waals surface area contributed by atoms with Crippen LogP contribution in [0, 0.1) is 6.92 Å². The van der Waals surface area contributed by atoms with Gasteiger partial charge in [0.1, 0.15) is 0 Å². The lowest BCUT2D eigenvalue weighted by Crippen LogP contribution is -2.27. The fourth-order valence-corrected chi connectivity index (χ4v) is 2.50. The van der Waals surface area contributed by atoms with Gasteiger partial charge in [0.05, 0.1) is 33.1 Å². The Kier molecular flexibility index (Phi) is 5.33. The Bertz CT molecular complexity index is 740. The molecule has 0 aliphatic carbocycles. The molecule has 24 heavy (non-hydrogen) atoms. The highest BCUT2D eigenvalue weighted by Crippen LogP contribution is 2.40. The maximum absolute atomic E-state index is 12.8. The molecule has 0 radical (unpaired) electrons. The summed E-state index contributed by atoms with van der Waals surface area (Å²) >= 11 is 0. The molecule has 1 aromatic carbocycles. The molecular formula is C17H23N3O4. The number of nitrogens with zero attached hydrogens (tertiary/aromatic N) is 3. The molecule has 0 spiro atoms. The summed E-state index contributed by atoms with van der Waals surface area (Å²) in [6, 6.07) is 3.37. The van der Waals surface area contributed by atoms with E-state index in [-0.39, 0.29) is 5.91 Å². The number of aromatic nitrogens is 2. The normalized spacial score (nSPS) is 10.4. The minimum atomic E-state index is -0.170. The van der Waals surface area contributed by atoms with Gasteiger partial charge < -0.3 is 19.1 Å². The monoisotopic (exact) mass is 333 g/mol. The quantitative estimate of drug-likeness (QED) is 0.809. The molecule has 2 aromatic rings. The largest absolute Gasteiger partial charge is 0.493 e. The second kappa shape index (κ2) is 7.25. The Morgan fingerprint density at radius 1 is 1.17 bits per heavy atom. The fourth-order valence-electron chi connectivity index (χ4n) is 2.50. The van der Waals surface area contributed by atoms with Gasteiger partial charge >= 0.3 is 0 Å². The van der Waals surface area contributed by atoms with Gasteiger partial charge in [0.25, 0.3) is 5.91 Å². The van der Waals surface area contributed by atoms with E-state index in [9.17, 15) is 4.79 Å². The van der Waals surface area contributed by atoms with Crippen molar-refractivity contribution in [3.63, 3.8) is 0 Å². The number of hydrogen-bond donors (Lipinski definition) is 0. The number of benzene rings is 1. The number of aryl methyl sites for hydroxylation is 1. The molecule has 0 saturated carbocycles. The van der Waals surface area contributed by atoms with Gasteiger partial charge in [0.15, 0.2) is 11.5 Å². The number of carbonyl (C=O) groups excluding carboxylic acids is 1. The molecule has 1 aromatic heterocycles. The molecule has 1 amide bonds. The molecule has 7 nitrogen and oxygen atoms in total. The van der Waals surface area contributed by atoms with Crippen LogP contribution in [0.2, 0.25) is 0 Å². The SMILES string of the molecule is COc1ccc(C(=O)N(C)Cc2cnn(C)c2C)c(OC)c1OC. The number of hydrogen-bond acceptors (Lipinski definition) is 5. The van der Waals surface area contributed by atoms with Crippen LogP contribution in [0.25, 0.3) is 0 Å². The summed E-state index contributed by atoms with van der Waals surface area (Å²) in [5.41, 5.74) is 2.43. The fraction of sp³-hybridized carbons (Fsp3) is 0.412. The van der Waals surface area contributed by atoms with E-state index in [0.717, 1.165) is 11.3 Å². The predicted octanol–water partition coefficient (Wildman–Crippen LogP) is 2.03. The van der Waals surface area contributed by atoms with Crippen LogP contribution < -0.4 is 14.2 Å². The van der Waals surface area contributed by atoms with Crippen LogP contribution in [0.3, 0.4) is 0 Å². The number of rotatable bonds is 6. The van der Waals surface area contributed by atoms with Gasteiger partial charge in [-0.25, -0.2) is 0 Å². The third-order valence-corrected chi connectivity index (χ3v) is 4.03. The lowest BCUT2D eigenvalue weighted by atomic mass is 10.1. The molecule has 130 valence electrons. The molecule has 0 N–H and O–H groups in total. The summed E-state index contributed by atoms with van der Waals surface area (Å²) in [5, 5.41) is 4.20. The van der Waals surface area contributed by atoms with E-state index in [0.29, 0.717) is 29.4 Å². The summed E-state index contributed by atoms with van der Waals surface area (Å²) in [6.07, 6.45) is 1.77. The van der Waals surface area contributed by atoms with Gasteiger partial charge in [-0.15, -0.1) is 0 Å². The zero-order valence-electron chi connectivity index (χ0n) is 14.9. The molecular weight excluding hydrogens is 310 g/mol. The third kappa shape index (κ3) is 3.15. The van der Waals surface area contributed by atoms with E-state index in [2.05, 4.69) is 5.10 Å². The van der Waals surface area contributed by atoms with E-state index >= 15 is 0 Å². The number of carbonyl (C=O) groups is 1. The van der Waals surface area contributed by atoms with Gasteiger partial charge in [-0.1, -0.05) is 0 Å². The van der Waals surface area contributed by atoms with Crippen LogP contribution in [0.15, 0.2) is 18.3 Å². The highest BCUT2D eigenvalue weighted by atomic mass is 16.5. The number of ether oxygens (including phenoxy) is 3. The van der Waals surface area contributed by atoms with Crippen molar-refractivity contribution in [3.05, 3.63) is 35.2 Å². The van der Waals surface area contributed by atoms with Gasteiger partial charge in [-0.2, -0.15) is 5.10 Å². The van der Waals surface area contributed by atoms with Gasteiger partial charge in [0, 0.05) is 31.9 Å². The summed E-state index contributed by atoms with van der Waals surface area (Å²) in [5.74, 6) is 1.10. The average molecular weight is 333 g/mol. The predicted molar refractivity (Wildman–Crippen MR) is 89.8 cm³/mol. The molecule has 2 rings (SSSR count). The Labute approximate surface area is 141 Å². The lowest BCUT2D eigenvalue weighted by molar-refractivity contribution is 0.0780. The summed E-state index contributed by atoms with van der Waals surface area (Å²) in [4.78, 5) is 14.5. The Hall–Kier alpha value is -2.70. The van der Waals surface area contributed by atoms with Crippen LogP contribution in [0.4, 0.5) is 0 Å². The van der Waals surface area contributed by atoms with Crippen molar-refractivity contribution in [2.24, 2.45) is 7.05 Å². The molecule has 0 aliphatic rings. The van der Waals surface area contributed by atoms with Crippen molar-refractivity contribution >= 4 is 5.91 Å². The second-order valence-electron chi connectivity index (χ2n) is 5.42. The highest BCUT2D eigenvalue weighted by molar-refractivity contribution is 5.98. The van der Waals surface area contributed by atoms with Crippen molar-refractivity contribution in [3.8, 4) is 17.2 Å². The zero-order chi connectivity index (χ0) is 17.9. The Morgan fingerprint density at radius 2 is 1.83 bits per heavy atom. The zero-order valence-corrected chi connectivity index (χ0v) is 14.9. The van der Waals surface area contributed by atoms with Gasteiger partial charge in [-0.05, 0) is 19.1 Å². The number of methoxy groups -OCH3 is 3. The van der Waals surface area contributed by atoms with E-state index in [4.69, 9.17) is 14.2 Å². The van der Waals surface area contributed by atoms with Crippen molar-refractivity contribution in [1.82, 2.24) is 14.7 Å². The maximum Gasteiger partial charge on any atom is 0.257 e. The van der Waals surface area contributed by atoms with E-state index in [1.807, 2.05) is 14.0 Å². The number of amides is 1. The summed E-state index contributed by atoms with van der Waals surface area (Å²) < 4.78 is 17.8. The molecule has 0 unspecified atom stereocenters. The Balaban J connectivity index is 2.33. The van der Waals surface area contributed by atoms with Crippen LogP contribution in [0.5, 0.6) is 17.2 Å². The molecule has 7 heteroatoms. The van der Waals surface area contributed by atoms with Crippen LogP contribution in [-0.4, -0.2) is 49.0 Å². The van der Waals surface area contributed by atoms with Crippen molar-refractivity contribution < 1.29 is 19.0 Å². The summed E-state index contributed by atoms with van der Waals surface area (Å²) in [6.45, 7) is 2.42. The molecule has 0 bridgehead atoms. The first-order valence-electron chi connectivity index (χ1n) is 7.46. The lowest BCUT2D eigenvalue weighted by Gasteiger charge is -2.20. The highest BCUT2D eigenvalue weighted by Gasteiger charge is 2.23. The minimum absolute atomic E-state index is 0.170. The van der Waals surface area contributed by atoms with Crippen molar-refractivity contribution in [2.45, 2.75) is 13.5 Å². The molecule has 0 aliphatic heterocycles. The maximum atomic E-state index is 12.8. The smallest absolute Gasteiger partial charge is 0.257 e. The van der Waals surface area contributed by atoms with Crippen LogP contribution >= 0.6 is 0 Å². The Morgan fingerprint density at radius 3 is 2.33 bits per heavy atom. The average Bonchev–Trinajstić information content (AvgIpc) is 2.91. The third-order valence-electron chi connectivity index (χ3n) is 4.03. The van der Waals surface area contributed by atoms with Crippen LogP contribution in [0.1, 0.15) is 21.6 Å². The van der Waals surface area contributed by atoms with E-state index in [1.54, 1.807) is 35.0 Å². The van der Waals surface area contributed by atoms with Gasteiger partial charge in [0.2, 0.25) is 5.75 Å². The minimum Gasteiger partial charge on any atom is -0.493 e. The standard InChI is InChI=1S/C17H23N3O4/c1-11-12(9-18-20(11)3)10-19(2)17(21)13-7-8-14(22-4)16(24-6)15(13)23-5/h7-9H,10H2,1-6H3. The molecule has 0 saturated heterocycles. The topological polar surface area (TPSA) is 65.8 Å². The van der Waals surface area contributed by atoms with Crippen LogP contribution in [-0.2, 0) is 13.6 Å². The molecule has 0 fully saturated rings.